The fraction of sp³-hybridized carbons (Fsp3) is 0.600. The summed E-state index contributed by atoms with van der Waals surface area (Å²) in [6.07, 6.45) is 5.03. The molecule has 1 saturated carbocycles. The Kier molecular flexibility index (Phi) is 4.70. The molecule has 0 bridgehead atoms. The molecule has 0 atom stereocenters. The van der Waals surface area contributed by atoms with Gasteiger partial charge >= 0.3 is 0 Å². The Morgan fingerprint density at radius 2 is 1.95 bits per heavy atom. The molecule has 2 N–H and O–H groups in total. The van der Waals surface area contributed by atoms with Crippen molar-refractivity contribution < 1.29 is 13.2 Å². The van der Waals surface area contributed by atoms with Gasteiger partial charge in [0.25, 0.3) is 0 Å². The third kappa shape index (κ3) is 3.73. The molecule has 0 amide bonds. The van der Waals surface area contributed by atoms with Gasteiger partial charge in [-0.1, -0.05) is 26.7 Å². The maximum absolute atomic E-state index is 11.4. The summed E-state index contributed by atoms with van der Waals surface area (Å²) in [5.74, 6) is 1.60. The molecule has 5 heteroatoms. The molecular weight excluding hydrogens is 274 g/mol. The SMILES string of the molecule is CC(C)c1cc(S(N)(=O)=O)ccc1OCC1CCCC1. The van der Waals surface area contributed by atoms with E-state index < -0.39 is 10.0 Å². The third-order valence-electron chi connectivity index (χ3n) is 3.88. The Morgan fingerprint density at radius 3 is 2.50 bits per heavy atom. The predicted octanol–water partition coefficient (Wildman–Crippen LogP) is 3.03. The number of benzene rings is 1. The molecule has 0 saturated heterocycles. The average Bonchev–Trinajstić information content (AvgIpc) is 2.88. The summed E-state index contributed by atoms with van der Waals surface area (Å²) in [5.41, 5.74) is 0.898. The van der Waals surface area contributed by atoms with Crippen LogP contribution in [-0.4, -0.2) is 15.0 Å². The van der Waals surface area contributed by atoms with Gasteiger partial charge in [0.05, 0.1) is 11.5 Å². The second-order valence-corrected chi connectivity index (χ2v) is 7.42. The minimum Gasteiger partial charge on any atom is -0.493 e. The predicted molar refractivity (Wildman–Crippen MR) is 79.4 cm³/mol. The fourth-order valence-electron chi connectivity index (χ4n) is 2.67. The Labute approximate surface area is 121 Å². The molecule has 1 aliphatic rings. The van der Waals surface area contributed by atoms with Crippen LogP contribution < -0.4 is 9.88 Å². The van der Waals surface area contributed by atoms with Crippen LogP contribution in [0.25, 0.3) is 0 Å². The summed E-state index contributed by atoms with van der Waals surface area (Å²) in [5, 5.41) is 5.18. The maximum Gasteiger partial charge on any atom is 0.238 e. The van der Waals surface area contributed by atoms with E-state index in [2.05, 4.69) is 0 Å². The van der Waals surface area contributed by atoms with Crippen molar-refractivity contribution in [3.8, 4) is 5.75 Å². The standard InChI is InChI=1S/C15H23NO3S/c1-11(2)14-9-13(20(16,17)18)7-8-15(14)19-10-12-5-3-4-6-12/h7-9,11-12H,3-6,10H2,1-2H3,(H2,16,17,18). The van der Waals surface area contributed by atoms with Gasteiger partial charge in [0.2, 0.25) is 10.0 Å². The highest BCUT2D eigenvalue weighted by atomic mass is 32.2. The lowest BCUT2D eigenvalue weighted by molar-refractivity contribution is 0.249. The molecule has 112 valence electrons. The van der Waals surface area contributed by atoms with Gasteiger partial charge in [-0.15, -0.1) is 0 Å². The van der Waals surface area contributed by atoms with Crippen molar-refractivity contribution in [1.82, 2.24) is 0 Å². The smallest absolute Gasteiger partial charge is 0.238 e. The van der Waals surface area contributed by atoms with E-state index in [1.54, 1.807) is 12.1 Å². The van der Waals surface area contributed by atoms with E-state index in [4.69, 9.17) is 9.88 Å². The zero-order chi connectivity index (χ0) is 14.8. The first-order valence-corrected chi connectivity index (χ1v) is 8.72. The molecule has 0 aliphatic heterocycles. The fourth-order valence-corrected chi connectivity index (χ4v) is 3.22. The van der Waals surface area contributed by atoms with Crippen LogP contribution in [0.2, 0.25) is 0 Å². The zero-order valence-electron chi connectivity index (χ0n) is 12.1. The molecule has 2 rings (SSSR count). The molecule has 20 heavy (non-hydrogen) atoms. The molecule has 0 spiro atoms. The number of nitrogens with two attached hydrogens (primary N) is 1. The van der Waals surface area contributed by atoms with E-state index in [1.807, 2.05) is 13.8 Å². The van der Waals surface area contributed by atoms with Crippen molar-refractivity contribution in [3.63, 3.8) is 0 Å². The molecule has 1 aromatic carbocycles. The van der Waals surface area contributed by atoms with Gasteiger partial charge in [0.15, 0.2) is 0 Å². The summed E-state index contributed by atoms with van der Waals surface area (Å²) < 4.78 is 28.8. The van der Waals surface area contributed by atoms with E-state index in [0.717, 1.165) is 11.3 Å². The first kappa shape index (κ1) is 15.3. The number of rotatable bonds is 5. The third-order valence-corrected chi connectivity index (χ3v) is 4.79. The molecule has 1 aromatic rings. The largest absolute Gasteiger partial charge is 0.493 e. The Morgan fingerprint density at radius 1 is 1.30 bits per heavy atom. The van der Waals surface area contributed by atoms with Crippen molar-refractivity contribution in [2.75, 3.05) is 6.61 Å². The van der Waals surface area contributed by atoms with Crippen molar-refractivity contribution >= 4 is 10.0 Å². The van der Waals surface area contributed by atoms with Crippen LogP contribution >= 0.6 is 0 Å². The maximum atomic E-state index is 11.4. The van der Waals surface area contributed by atoms with E-state index in [-0.39, 0.29) is 10.8 Å². The quantitative estimate of drug-likeness (QED) is 0.908. The molecule has 0 aromatic heterocycles. The van der Waals surface area contributed by atoms with Crippen LogP contribution in [0.1, 0.15) is 51.0 Å². The Bertz CT molecular complexity index is 560. The summed E-state index contributed by atoms with van der Waals surface area (Å²) in [4.78, 5) is 0.148. The van der Waals surface area contributed by atoms with Gasteiger partial charge in [-0.3, -0.25) is 0 Å². The molecule has 1 aliphatic carbocycles. The topological polar surface area (TPSA) is 69.4 Å². The van der Waals surface area contributed by atoms with Crippen LogP contribution in [0.15, 0.2) is 23.1 Å². The molecule has 0 radical (unpaired) electrons. The van der Waals surface area contributed by atoms with Gasteiger partial charge in [0, 0.05) is 0 Å². The van der Waals surface area contributed by atoms with E-state index in [1.165, 1.54) is 31.7 Å². The van der Waals surface area contributed by atoms with Crippen LogP contribution in [0.3, 0.4) is 0 Å². The summed E-state index contributed by atoms with van der Waals surface area (Å²) in [6.45, 7) is 4.75. The van der Waals surface area contributed by atoms with Crippen LogP contribution in [-0.2, 0) is 10.0 Å². The van der Waals surface area contributed by atoms with Crippen molar-refractivity contribution in [1.29, 1.82) is 0 Å². The van der Waals surface area contributed by atoms with Gasteiger partial charge in [-0.2, -0.15) is 0 Å². The molecule has 1 fully saturated rings. The van der Waals surface area contributed by atoms with E-state index in [0.29, 0.717) is 12.5 Å². The Hall–Kier alpha value is -1.07. The molecule has 0 heterocycles. The minimum absolute atomic E-state index is 0.148. The molecule has 0 unspecified atom stereocenters. The number of hydrogen-bond donors (Lipinski definition) is 1. The first-order valence-electron chi connectivity index (χ1n) is 7.17. The lowest BCUT2D eigenvalue weighted by Crippen LogP contribution is -2.14. The monoisotopic (exact) mass is 297 g/mol. The second kappa shape index (κ2) is 6.14. The summed E-state index contributed by atoms with van der Waals surface area (Å²) in [6, 6.07) is 4.87. The lowest BCUT2D eigenvalue weighted by Gasteiger charge is -2.17. The highest BCUT2D eigenvalue weighted by Crippen LogP contribution is 2.31. The molecule has 4 nitrogen and oxygen atoms in total. The second-order valence-electron chi connectivity index (χ2n) is 5.86. The highest BCUT2D eigenvalue weighted by molar-refractivity contribution is 7.89. The Balaban J connectivity index is 2.19. The van der Waals surface area contributed by atoms with Crippen LogP contribution in [0.4, 0.5) is 0 Å². The van der Waals surface area contributed by atoms with Crippen LogP contribution in [0, 0.1) is 5.92 Å². The summed E-state index contributed by atoms with van der Waals surface area (Å²) in [7, 11) is -3.66. The van der Waals surface area contributed by atoms with Gasteiger partial charge < -0.3 is 4.74 Å². The highest BCUT2D eigenvalue weighted by Gasteiger charge is 2.18. The lowest BCUT2D eigenvalue weighted by atomic mass is 10.0. The van der Waals surface area contributed by atoms with Gasteiger partial charge in [-0.25, -0.2) is 13.6 Å². The van der Waals surface area contributed by atoms with Crippen molar-refractivity contribution in [2.45, 2.75) is 50.3 Å². The number of ether oxygens (including phenoxy) is 1. The molecular formula is C15H23NO3S. The van der Waals surface area contributed by atoms with E-state index in [9.17, 15) is 8.42 Å². The van der Waals surface area contributed by atoms with E-state index >= 15 is 0 Å². The van der Waals surface area contributed by atoms with Crippen molar-refractivity contribution in [3.05, 3.63) is 23.8 Å². The normalized spacial score (nSPS) is 16.8. The number of sulfonamides is 1. The first-order chi connectivity index (χ1) is 9.38. The van der Waals surface area contributed by atoms with Crippen molar-refractivity contribution in [2.24, 2.45) is 11.1 Å². The zero-order valence-corrected chi connectivity index (χ0v) is 12.9. The van der Waals surface area contributed by atoms with Crippen LogP contribution in [0.5, 0.6) is 5.75 Å². The average molecular weight is 297 g/mol. The number of hydrogen-bond acceptors (Lipinski definition) is 3. The number of primary sulfonamides is 1. The van der Waals surface area contributed by atoms with Gasteiger partial charge in [-0.05, 0) is 48.4 Å². The summed E-state index contributed by atoms with van der Waals surface area (Å²) >= 11 is 0. The minimum atomic E-state index is -3.66. The van der Waals surface area contributed by atoms with Gasteiger partial charge in [0.1, 0.15) is 5.75 Å².